The number of phenolic OH excluding ortho intramolecular Hbond substituents is 1. The van der Waals surface area contributed by atoms with E-state index in [0.717, 1.165) is 5.19 Å². The Bertz CT molecular complexity index is 260. The second-order valence-corrected chi connectivity index (χ2v) is 5.87. The van der Waals surface area contributed by atoms with Gasteiger partial charge >= 0.3 is 0 Å². The van der Waals surface area contributed by atoms with Crippen LogP contribution < -0.4 is 10.9 Å². The smallest absolute Gasteiger partial charge is 0.137 e. The molecule has 0 fully saturated rings. The van der Waals surface area contributed by atoms with E-state index in [2.05, 4.69) is 13.1 Å². The number of para-hydroxylation sites is 1. The molecule has 0 saturated heterocycles. The summed E-state index contributed by atoms with van der Waals surface area (Å²) >= 11 is 0. The molecule has 0 bridgehead atoms. The van der Waals surface area contributed by atoms with Gasteiger partial charge in [0.15, 0.2) is 0 Å². The molecular weight excluding hydrogens is 154 g/mol. The Morgan fingerprint density at radius 2 is 2.00 bits per heavy atom. The highest BCUT2D eigenvalue weighted by atomic mass is 28.3. The van der Waals surface area contributed by atoms with Crippen molar-refractivity contribution >= 4 is 19.7 Å². The number of benzene rings is 1. The molecule has 0 amide bonds. The Morgan fingerprint density at radius 3 is 2.45 bits per heavy atom. The zero-order chi connectivity index (χ0) is 8.43. The topological polar surface area (TPSA) is 46.2 Å². The molecule has 1 aromatic carbocycles. The maximum atomic E-state index is 9.48. The van der Waals surface area contributed by atoms with Crippen molar-refractivity contribution in [1.29, 1.82) is 0 Å². The van der Waals surface area contributed by atoms with Gasteiger partial charge in [0.25, 0.3) is 0 Å². The van der Waals surface area contributed by atoms with Gasteiger partial charge in [-0.1, -0.05) is 25.2 Å². The summed E-state index contributed by atoms with van der Waals surface area (Å²) in [6.07, 6.45) is 0. The fourth-order valence-corrected chi connectivity index (χ4v) is 2.26. The number of phenols is 1. The second-order valence-electron chi connectivity index (χ2n) is 2.94. The summed E-state index contributed by atoms with van der Waals surface area (Å²) in [4.78, 5) is 0. The first-order valence-corrected chi connectivity index (χ1v) is 6.59. The summed E-state index contributed by atoms with van der Waals surface area (Å²) < 4.78 is 0. The zero-order valence-corrected chi connectivity index (χ0v) is 7.99. The van der Waals surface area contributed by atoms with E-state index in [1.54, 1.807) is 6.07 Å². The lowest BCUT2D eigenvalue weighted by Crippen LogP contribution is -2.23. The molecule has 0 radical (unpaired) electrons. The molecule has 11 heavy (non-hydrogen) atoms. The van der Waals surface area contributed by atoms with Gasteiger partial charge < -0.3 is 10.8 Å². The maximum absolute atomic E-state index is 9.48. The van der Waals surface area contributed by atoms with Crippen LogP contribution in [0.5, 0.6) is 5.75 Å². The van der Waals surface area contributed by atoms with Gasteiger partial charge in [0.2, 0.25) is 0 Å². The minimum Gasteiger partial charge on any atom is -0.506 e. The Kier molecular flexibility index (Phi) is 2.19. The van der Waals surface area contributed by atoms with E-state index in [1.807, 2.05) is 12.1 Å². The molecule has 1 rings (SSSR count). The highest BCUT2D eigenvalue weighted by Crippen LogP contribution is 2.15. The normalized spacial score (nSPS) is 10.5. The minimum atomic E-state index is -0.926. The van der Waals surface area contributed by atoms with Gasteiger partial charge in [0, 0.05) is 0 Å². The van der Waals surface area contributed by atoms with E-state index < -0.39 is 8.80 Å². The highest BCUT2D eigenvalue weighted by molar-refractivity contribution is 6.71. The Labute approximate surface area is 68.3 Å². The molecule has 0 aliphatic carbocycles. The molecule has 60 valence electrons. The van der Waals surface area contributed by atoms with E-state index in [9.17, 15) is 5.11 Å². The third kappa shape index (κ3) is 1.54. The zero-order valence-electron chi connectivity index (χ0n) is 6.83. The standard InChI is InChI=1S/C8H13NOSi/c1-11(2)7-5-3-4-6(9)8(7)10/h3-5,10-11H,9H2,1-2H3. The van der Waals surface area contributed by atoms with Crippen molar-refractivity contribution in [2.24, 2.45) is 0 Å². The summed E-state index contributed by atoms with van der Waals surface area (Å²) in [5.74, 6) is 0.286. The number of rotatable bonds is 1. The number of hydrogen-bond acceptors (Lipinski definition) is 2. The molecule has 3 heteroatoms. The molecule has 0 saturated carbocycles. The molecule has 0 unspecified atom stereocenters. The Balaban J connectivity index is 3.17. The van der Waals surface area contributed by atoms with Crippen molar-refractivity contribution in [3.05, 3.63) is 18.2 Å². The molecular formula is C8H13NOSi. The van der Waals surface area contributed by atoms with Crippen LogP contribution in [0.3, 0.4) is 0 Å². The highest BCUT2D eigenvalue weighted by Gasteiger charge is 2.07. The third-order valence-electron chi connectivity index (χ3n) is 1.72. The van der Waals surface area contributed by atoms with Crippen LogP contribution in [0.15, 0.2) is 18.2 Å². The SMILES string of the molecule is C[SiH](C)c1cccc(N)c1O. The van der Waals surface area contributed by atoms with Crippen LogP contribution in [0.2, 0.25) is 13.1 Å². The fourth-order valence-electron chi connectivity index (χ4n) is 1.05. The van der Waals surface area contributed by atoms with E-state index in [0.29, 0.717) is 5.69 Å². The first kappa shape index (κ1) is 8.14. The second kappa shape index (κ2) is 2.96. The summed E-state index contributed by atoms with van der Waals surface area (Å²) in [7, 11) is -0.926. The molecule has 0 heterocycles. The Hall–Kier alpha value is -0.963. The van der Waals surface area contributed by atoms with E-state index in [4.69, 9.17) is 5.73 Å². The van der Waals surface area contributed by atoms with Gasteiger partial charge in [-0.2, -0.15) is 0 Å². The van der Waals surface area contributed by atoms with Crippen molar-refractivity contribution in [2.45, 2.75) is 13.1 Å². The van der Waals surface area contributed by atoms with Gasteiger partial charge in [-0.05, 0) is 11.3 Å². The van der Waals surface area contributed by atoms with Gasteiger partial charge in [0.05, 0.1) is 14.5 Å². The number of nitrogens with two attached hydrogens (primary N) is 1. The lowest BCUT2D eigenvalue weighted by atomic mass is 10.3. The molecule has 0 spiro atoms. The average molecular weight is 167 g/mol. The maximum Gasteiger partial charge on any atom is 0.137 e. The molecule has 2 nitrogen and oxygen atoms in total. The van der Waals surface area contributed by atoms with Crippen molar-refractivity contribution in [3.63, 3.8) is 0 Å². The Morgan fingerprint density at radius 1 is 1.36 bits per heavy atom. The van der Waals surface area contributed by atoms with Crippen LogP contribution >= 0.6 is 0 Å². The first-order chi connectivity index (χ1) is 5.13. The predicted octanol–water partition coefficient (Wildman–Crippen LogP) is 0.668. The molecule has 0 aromatic heterocycles. The predicted molar refractivity (Wildman–Crippen MR) is 51.0 cm³/mol. The van der Waals surface area contributed by atoms with Crippen LogP contribution in [-0.2, 0) is 0 Å². The van der Waals surface area contributed by atoms with E-state index in [-0.39, 0.29) is 5.75 Å². The van der Waals surface area contributed by atoms with Crippen LogP contribution in [-0.4, -0.2) is 13.9 Å². The largest absolute Gasteiger partial charge is 0.506 e. The molecule has 0 atom stereocenters. The molecule has 3 N–H and O–H groups in total. The summed E-state index contributed by atoms with van der Waals surface area (Å²) in [5.41, 5.74) is 6.02. The van der Waals surface area contributed by atoms with Crippen molar-refractivity contribution in [3.8, 4) is 5.75 Å². The number of hydrogen-bond donors (Lipinski definition) is 2. The van der Waals surface area contributed by atoms with Gasteiger partial charge in [-0.25, -0.2) is 0 Å². The minimum absolute atomic E-state index is 0.286. The third-order valence-corrected chi connectivity index (χ3v) is 3.43. The van der Waals surface area contributed by atoms with Crippen LogP contribution in [0, 0.1) is 0 Å². The average Bonchev–Trinajstić information content (AvgIpc) is 1.94. The lowest BCUT2D eigenvalue weighted by Gasteiger charge is -2.07. The lowest BCUT2D eigenvalue weighted by molar-refractivity contribution is 0.482. The quantitative estimate of drug-likeness (QED) is 0.367. The van der Waals surface area contributed by atoms with Gasteiger partial charge in [-0.15, -0.1) is 0 Å². The van der Waals surface area contributed by atoms with E-state index in [1.165, 1.54) is 0 Å². The summed E-state index contributed by atoms with van der Waals surface area (Å²) in [5, 5.41) is 10.5. The first-order valence-electron chi connectivity index (χ1n) is 3.70. The molecule has 0 aliphatic rings. The molecule has 0 aliphatic heterocycles. The molecule has 1 aromatic rings. The van der Waals surface area contributed by atoms with Crippen molar-refractivity contribution < 1.29 is 5.11 Å². The van der Waals surface area contributed by atoms with Gasteiger partial charge in [0.1, 0.15) is 5.75 Å². The summed E-state index contributed by atoms with van der Waals surface area (Å²) in [6, 6.07) is 5.55. The van der Waals surface area contributed by atoms with Crippen LogP contribution in [0.25, 0.3) is 0 Å². The van der Waals surface area contributed by atoms with Crippen molar-refractivity contribution in [1.82, 2.24) is 0 Å². The number of anilines is 1. The van der Waals surface area contributed by atoms with E-state index >= 15 is 0 Å². The van der Waals surface area contributed by atoms with Gasteiger partial charge in [-0.3, -0.25) is 0 Å². The van der Waals surface area contributed by atoms with Crippen LogP contribution in [0.1, 0.15) is 0 Å². The monoisotopic (exact) mass is 167 g/mol. The van der Waals surface area contributed by atoms with Crippen molar-refractivity contribution in [2.75, 3.05) is 5.73 Å². The van der Waals surface area contributed by atoms with Crippen LogP contribution in [0.4, 0.5) is 5.69 Å². The fraction of sp³-hybridized carbons (Fsp3) is 0.250. The summed E-state index contributed by atoms with van der Waals surface area (Å²) in [6.45, 7) is 4.32. The number of aromatic hydroxyl groups is 1. The number of nitrogen functional groups attached to an aromatic ring is 1.